The van der Waals surface area contributed by atoms with Gasteiger partial charge in [0.05, 0.1) is 0 Å². The molecule has 1 unspecified atom stereocenters. The molecule has 1 aromatic rings. The topological polar surface area (TPSA) is 83.8 Å². The number of nitrogens with one attached hydrogen (secondary N) is 2. The molecule has 1 aliphatic rings. The van der Waals surface area contributed by atoms with E-state index in [1.807, 2.05) is 0 Å². The molecule has 18 heavy (non-hydrogen) atoms. The summed E-state index contributed by atoms with van der Waals surface area (Å²) in [5, 5.41) is 10.1. The first-order chi connectivity index (χ1) is 8.61. The van der Waals surface area contributed by atoms with Crippen LogP contribution in [0.2, 0.25) is 0 Å². The quantitative estimate of drug-likeness (QED) is 0.729. The van der Waals surface area contributed by atoms with Crippen molar-refractivity contribution in [2.75, 3.05) is 6.54 Å². The van der Waals surface area contributed by atoms with Crippen LogP contribution in [0.3, 0.4) is 0 Å². The number of aromatic nitrogens is 2. The van der Waals surface area contributed by atoms with Crippen molar-refractivity contribution in [3.8, 4) is 0 Å². The third-order valence-electron chi connectivity index (χ3n) is 3.40. The Balaban J connectivity index is 2.02. The van der Waals surface area contributed by atoms with Crippen LogP contribution in [0.4, 0.5) is 0 Å². The fourth-order valence-electron chi connectivity index (χ4n) is 2.54. The molecule has 0 spiro atoms. The number of H-pyrrole nitrogens is 1. The zero-order chi connectivity index (χ0) is 13.1. The highest BCUT2D eigenvalue weighted by Crippen LogP contribution is 2.22. The summed E-state index contributed by atoms with van der Waals surface area (Å²) in [7, 11) is 0. The molecule has 1 amide bonds. The molecule has 0 saturated heterocycles. The van der Waals surface area contributed by atoms with Crippen molar-refractivity contribution in [2.24, 2.45) is 11.7 Å². The molecular weight excluding hydrogens is 228 g/mol. The lowest BCUT2D eigenvalue weighted by atomic mass is 10.0. The number of carbonyl (C=O) groups is 1. The van der Waals surface area contributed by atoms with Gasteiger partial charge in [0.15, 0.2) is 5.69 Å². The summed E-state index contributed by atoms with van der Waals surface area (Å²) < 4.78 is 0. The number of aryl methyl sites for hydroxylation is 1. The lowest BCUT2D eigenvalue weighted by Gasteiger charge is -2.18. The monoisotopic (exact) mass is 250 g/mol. The predicted octanol–water partition coefficient (Wildman–Crippen LogP) is 1.00. The van der Waals surface area contributed by atoms with Crippen LogP contribution in [-0.4, -0.2) is 28.7 Å². The van der Waals surface area contributed by atoms with Gasteiger partial charge in [-0.15, -0.1) is 0 Å². The highest BCUT2D eigenvalue weighted by atomic mass is 16.2. The number of nitrogens with zero attached hydrogens (tertiary/aromatic N) is 1. The Hall–Kier alpha value is -1.36. The Kier molecular flexibility index (Phi) is 4.01. The molecule has 1 atom stereocenters. The summed E-state index contributed by atoms with van der Waals surface area (Å²) in [6.07, 6.45) is 3.96. The van der Waals surface area contributed by atoms with Gasteiger partial charge in [-0.25, -0.2) is 0 Å². The second-order valence-electron chi connectivity index (χ2n) is 5.42. The number of amides is 1. The summed E-state index contributed by atoms with van der Waals surface area (Å²) in [4.78, 5) is 12.2. The number of rotatable bonds is 5. The Labute approximate surface area is 108 Å². The Bertz CT molecular complexity index is 425. The molecule has 0 fully saturated rings. The van der Waals surface area contributed by atoms with E-state index in [9.17, 15) is 4.79 Å². The van der Waals surface area contributed by atoms with E-state index in [0.717, 1.165) is 36.9 Å². The molecule has 100 valence electrons. The van der Waals surface area contributed by atoms with E-state index in [2.05, 4.69) is 29.4 Å². The molecule has 0 aromatic carbocycles. The van der Waals surface area contributed by atoms with E-state index in [1.165, 1.54) is 0 Å². The van der Waals surface area contributed by atoms with Crippen LogP contribution in [0, 0.1) is 5.92 Å². The van der Waals surface area contributed by atoms with Gasteiger partial charge < -0.3 is 11.1 Å². The maximum Gasteiger partial charge on any atom is 0.272 e. The van der Waals surface area contributed by atoms with Gasteiger partial charge in [-0.3, -0.25) is 9.89 Å². The Morgan fingerprint density at radius 2 is 2.28 bits per heavy atom. The van der Waals surface area contributed by atoms with Crippen LogP contribution in [0.1, 0.15) is 48.4 Å². The second-order valence-corrected chi connectivity index (χ2v) is 5.42. The third-order valence-corrected chi connectivity index (χ3v) is 3.40. The average molecular weight is 250 g/mol. The van der Waals surface area contributed by atoms with E-state index in [1.54, 1.807) is 0 Å². The Morgan fingerprint density at radius 3 is 2.94 bits per heavy atom. The summed E-state index contributed by atoms with van der Waals surface area (Å²) in [5.41, 5.74) is 8.46. The van der Waals surface area contributed by atoms with Crippen LogP contribution < -0.4 is 11.1 Å². The predicted molar refractivity (Wildman–Crippen MR) is 70.4 cm³/mol. The number of fused-ring (bicyclic) bond motifs is 1. The largest absolute Gasteiger partial charge is 0.347 e. The van der Waals surface area contributed by atoms with Gasteiger partial charge in [0.2, 0.25) is 0 Å². The lowest BCUT2D eigenvalue weighted by Crippen LogP contribution is -2.41. The molecule has 2 rings (SSSR count). The highest BCUT2D eigenvalue weighted by Gasteiger charge is 2.24. The molecule has 0 saturated carbocycles. The van der Waals surface area contributed by atoms with Crippen LogP contribution >= 0.6 is 0 Å². The first-order valence-electron chi connectivity index (χ1n) is 6.68. The summed E-state index contributed by atoms with van der Waals surface area (Å²) in [5.74, 6) is 0.425. The van der Waals surface area contributed by atoms with Gasteiger partial charge in [-0.05, 0) is 31.6 Å². The maximum atomic E-state index is 12.2. The maximum absolute atomic E-state index is 12.2. The first-order valence-corrected chi connectivity index (χ1v) is 6.68. The average Bonchev–Trinajstić information content (AvgIpc) is 2.88. The number of nitrogens with two attached hydrogens (primary N) is 1. The number of hydrogen-bond acceptors (Lipinski definition) is 3. The number of carbonyl (C=O) groups excluding carboxylic acids is 1. The summed E-state index contributed by atoms with van der Waals surface area (Å²) >= 11 is 0. The van der Waals surface area contributed by atoms with E-state index >= 15 is 0 Å². The zero-order valence-electron chi connectivity index (χ0n) is 11.1. The van der Waals surface area contributed by atoms with E-state index in [4.69, 9.17) is 5.73 Å². The number of aromatic amines is 1. The minimum Gasteiger partial charge on any atom is -0.347 e. The molecule has 1 aliphatic carbocycles. The van der Waals surface area contributed by atoms with Crippen molar-refractivity contribution in [1.29, 1.82) is 0 Å². The molecular formula is C13H22N4O. The standard InChI is InChI=1S/C13H22N4O/c1-8(2)6-9(7-14)15-13(18)12-10-4-3-5-11(10)16-17-12/h8-9H,3-7,14H2,1-2H3,(H,15,18)(H,16,17). The molecule has 4 N–H and O–H groups in total. The van der Waals surface area contributed by atoms with Crippen molar-refractivity contribution in [3.63, 3.8) is 0 Å². The highest BCUT2D eigenvalue weighted by molar-refractivity contribution is 5.94. The molecule has 0 bridgehead atoms. The van der Waals surface area contributed by atoms with Crippen LogP contribution in [0.5, 0.6) is 0 Å². The molecule has 1 heterocycles. The van der Waals surface area contributed by atoms with Gasteiger partial charge >= 0.3 is 0 Å². The first kappa shape index (κ1) is 13.1. The molecule has 5 nitrogen and oxygen atoms in total. The summed E-state index contributed by atoms with van der Waals surface area (Å²) in [6, 6.07) is 0.0336. The van der Waals surface area contributed by atoms with Gasteiger partial charge in [0, 0.05) is 23.8 Å². The smallest absolute Gasteiger partial charge is 0.272 e. The normalized spacial score (nSPS) is 15.8. The van der Waals surface area contributed by atoms with Crippen LogP contribution in [-0.2, 0) is 12.8 Å². The van der Waals surface area contributed by atoms with E-state index in [-0.39, 0.29) is 11.9 Å². The van der Waals surface area contributed by atoms with Crippen molar-refractivity contribution in [1.82, 2.24) is 15.5 Å². The van der Waals surface area contributed by atoms with Crippen LogP contribution in [0.15, 0.2) is 0 Å². The van der Waals surface area contributed by atoms with Crippen molar-refractivity contribution >= 4 is 5.91 Å². The summed E-state index contributed by atoms with van der Waals surface area (Å²) in [6.45, 7) is 4.72. The SMILES string of the molecule is CC(C)CC(CN)NC(=O)c1n[nH]c2c1CCC2. The van der Waals surface area contributed by atoms with E-state index < -0.39 is 0 Å². The van der Waals surface area contributed by atoms with Crippen molar-refractivity contribution < 1.29 is 4.79 Å². The molecule has 0 aliphatic heterocycles. The zero-order valence-corrected chi connectivity index (χ0v) is 11.1. The van der Waals surface area contributed by atoms with Gasteiger partial charge in [0.25, 0.3) is 5.91 Å². The van der Waals surface area contributed by atoms with Gasteiger partial charge in [0.1, 0.15) is 0 Å². The fourth-order valence-corrected chi connectivity index (χ4v) is 2.54. The minimum absolute atomic E-state index is 0.0336. The van der Waals surface area contributed by atoms with Crippen molar-refractivity contribution in [3.05, 3.63) is 17.0 Å². The lowest BCUT2D eigenvalue weighted by molar-refractivity contribution is 0.0927. The molecule has 1 aromatic heterocycles. The second kappa shape index (κ2) is 5.52. The fraction of sp³-hybridized carbons (Fsp3) is 0.692. The molecule has 0 radical (unpaired) electrons. The molecule has 5 heteroatoms. The van der Waals surface area contributed by atoms with Gasteiger partial charge in [-0.2, -0.15) is 5.10 Å². The Morgan fingerprint density at radius 1 is 1.50 bits per heavy atom. The van der Waals surface area contributed by atoms with E-state index in [0.29, 0.717) is 18.2 Å². The van der Waals surface area contributed by atoms with Gasteiger partial charge in [-0.1, -0.05) is 13.8 Å². The number of hydrogen-bond donors (Lipinski definition) is 3. The minimum atomic E-state index is -0.0921. The van der Waals surface area contributed by atoms with Crippen LogP contribution in [0.25, 0.3) is 0 Å². The van der Waals surface area contributed by atoms with Crippen molar-refractivity contribution in [2.45, 2.75) is 45.6 Å². The third kappa shape index (κ3) is 2.72.